The molecule has 0 heterocycles. The van der Waals surface area contributed by atoms with Gasteiger partial charge in [-0.15, -0.1) is 0 Å². The van der Waals surface area contributed by atoms with Gasteiger partial charge >= 0.3 is 0 Å². The van der Waals surface area contributed by atoms with Crippen molar-refractivity contribution >= 4 is 23.1 Å². The lowest BCUT2D eigenvalue weighted by Crippen LogP contribution is -2.29. The predicted octanol–water partition coefficient (Wildman–Crippen LogP) is 2.98. The molecule has 1 N–H and O–H groups in total. The van der Waals surface area contributed by atoms with Crippen molar-refractivity contribution in [1.29, 1.82) is 0 Å². The fourth-order valence-corrected chi connectivity index (χ4v) is 2.48. The van der Waals surface area contributed by atoms with Crippen LogP contribution in [0.5, 0.6) is 0 Å². The van der Waals surface area contributed by atoms with Crippen LogP contribution in [0.1, 0.15) is 21.5 Å². The molecule has 23 heavy (non-hydrogen) atoms. The highest BCUT2D eigenvalue weighted by Crippen LogP contribution is 2.24. The summed E-state index contributed by atoms with van der Waals surface area (Å²) in [5.41, 5.74) is 3.89. The lowest BCUT2D eigenvalue weighted by Gasteiger charge is -2.16. The average Bonchev–Trinajstić information content (AvgIpc) is 2.58. The van der Waals surface area contributed by atoms with E-state index in [0.717, 1.165) is 16.8 Å². The number of Topliss-reactive ketones (excluding diaryl/α,β-unsaturated/α-hetero) is 1. The van der Waals surface area contributed by atoms with Gasteiger partial charge in [-0.05, 0) is 25.1 Å². The Kier molecular flexibility index (Phi) is 3.89. The first-order chi connectivity index (χ1) is 11.1. The normalized spacial score (nSPS) is 15.1. The van der Waals surface area contributed by atoms with Crippen LogP contribution < -0.4 is 5.32 Å². The Balaban J connectivity index is 2.16. The lowest BCUT2D eigenvalue weighted by atomic mass is 9.88. The molecule has 0 unspecified atom stereocenters. The SMILES string of the molecule is CNC(=O)C1=CC(=Nc2ccc(C)cc2)c2ccccc2C1=O. The van der Waals surface area contributed by atoms with E-state index in [1.807, 2.05) is 43.3 Å². The maximum atomic E-state index is 12.5. The summed E-state index contributed by atoms with van der Waals surface area (Å²) in [5, 5.41) is 2.50. The average molecular weight is 304 g/mol. The second-order valence-electron chi connectivity index (χ2n) is 5.34. The molecular formula is C19H16N2O2. The van der Waals surface area contributed by atoms with Gasteiger partial charge in [-0.25, -0.2) is 4.99 Å². The highest BCUT2D eigenvalue weighted by molar-refractivity contribution is 6.35. The van der Waals surface area contributed by atoms with Crippen LogP contribution in [0.2, 0.25) is 0 Å². The Labute approximate surface area is 134 Å². The molecule has 2 aromatic rings. The number of likely N-dealkylation sites (N-methyl/N-ethyl adjacent to an activating group) is 1. The third kappa shape index (κ3) is 2.83. The molecule has 0 atom stereocenters. The quantitative estimate of drug-likeness (QED) is 0.867. The first kappa shape index (κ1) is 14.9. The Hall–Kier alpha value is -3.01. The number of amides is 1. The topological polar surface area (TPSA) is 58.5 Å². The second-order valence-corrected chi connectivity index (χ2v) is 5.34. The number of hydrogen-bond acceptors (Lipinski definition) is 3. The van der Waals surface area contributed by atoms with Crippen LogP contribution in [0, 0.1) is 6.92 Å². The van der Waals surface area contributed by atoms with E-state index in [1.165, 1.54) is 7.05 Å². The van der Waals surface area contributed by atoms with Gasteiger partial charge in [0.25, 0.3) is 5.91 Å². The van der Waals surface area contributed by atoms with Crippen molar-refractivity contribution in [3.05, 3.63) is 76.9 Å². The number of nitrogens with zero attached hydrogens (tertiary/aromatic N) is 1. The molecule has 0 fully saturated rings. The number of allylic oxidation sites excluding steroid dienone is 1. The zero-order chi connectivity index (χ0) is 16.4. The van der Waals surface area contributed by atoms with Gasteiger partial charge in [-0.2, -0.15) is 0 Å². The van der Waals surface area contributed by atoms with E-state index in [1.54, 1.807) is 18.2 Å². The highest BCUT2D eigenvalue weighted by Gasteiger charge is 2.27. The van der Waals surface area contributed by atoms with Crippen molar-refractivity contribution in [2.45, 2.75) is 6.92 Å². The Morgan fingerprint density at radius 2 is 1.65 bits per heavy atom. The third-order valence-electron chi connectivity index (χ3n) is 3.73. The molecule has 114 valence electrons. The van der Waals surface area contributed by atoms with E-state index in [9.17, 15) is 9.59 Å². The minimum absolute atomic E-state index is 0.108. The van der Waals surface area contributed by atoms with Gasteiger partial charge in [-0.1, -0.05) is 42.0 Å². The van der Waals surface area contributed by atoms with Crippen LogP contribution in [0.15, 0.2) is 65.2 Å². The molecule has 1 amide bonds. The standard InChI is InChI=1S/C19H16N2O2/c1-12-7-9-13(10-8-12)21-17-11-16(19(23)20-2)18(22)15-6-4-3-5-14(15)17/h3-11H,1-2H3,(H,20,23). The van der Waals surface area contributed by atoms with Gasteiger partial charge < -0.3 is 5.32 Å². The van der Waals surface area contributed by atoms with Crippen LogP contribution in [-0.2, 0) is 4.79 Å². The third-order valence-corrected chi connectivity index (χ3v) is 3.73. The van der Waals surface area contributed by atoms with Crippen molar-refractivity contribution in [3.63, 3.8) is 0 Å². The Morgan fingerprint density at radius 1 is 1.00 bits per heavy atom. The zero-order valence-corrected chi connectivity index (χ0v) is 13.0. The maximum absolute atomic E-state index is 12.5. The van der Waals surface area contributed by atoms with Crippen LogP contribution in [0.3, 0.4) is 0 Å². The number of carbonyl (C=O) groups excluding carboxylic acids is 2. The number of aryl methyl sites for hydroxylation is 1. The summed E-state index contributed by atoms with van der Waals surface area (Å²) >= 11 is 0. The number of fused-ring (bicyclic) bond motifs is 1. The Morgan fingerprint density at radius 3 is 2.30 bits per heavy atom. The molecule has 0 aliphatic heterocycles. The fourth-order valence-electron chi connectivity index (χ4n) is 2.48. The molecule has 0 radical (unpaired) electrons. The van der Waals surface area contributed by atoms with E-state index in [-0.39, 0.29) is 11.4 Å². The molecule has 2 aromatic carbocycles. The van der Waals surface area contributed by atoms with E-state index >= 15 is 0 Å². The number of nitrogens with one attached hydrogen (secondary N) is 1. The summed E-state index contributed by atoms with van der Waals surface area (Å²) in [5.74, 6) is -0.677. The summed E-state index contributed by atoms with van der Waals surface area (Å²) in [6.45, 7) is 2.01. The highest BCUT2D eigenvalue weighted by atomic mass is 16.2. The molecular weight excluding hydrogens is 288 g/mol. The van der Waals surface area contributed by atoms with Crippen molar-refractivity contribution in [2.75, 3.05) is 7.05 Å². The first-order valence-corrected chi connectivity index (χ1v) is 7.33. The van der Waals surface area contributed by atoms with Crippen LogP contribution >= 0.6 is 0 Å². The predicted molar refractivity (Wildman–Crippen MR) is 90.3 cm³/mol. The van der Waals surface area contributed by atoms with Crippen molar-refractivity contribution in [2.24, 2.45) is 4.99 Å². The molecule has 0 bridgehead atoms. The van der Waals surface area contributed by atoms with Gasteiger partial charge in [0, 0.05) is 18.2 Å². The van der Waals surface area contributed by atoms with E-state index in [4.69, 9.17) is 0 Å². The molecule has 1 aliphatic rings. The van der Waals surface area contributed by atoms with E-state index in [2.05, 4.69) is 10.3 Å². The summed E-state index contributed by atoms with van der Waals surface area (Å²) in [7, 11) is 1.51. The molecule has 0 saturated carbocycles. The number of aliphatic imine (C=N–C) groups is 1. The van der Waals surface area contributed by atoms with Gasteiger partial charge in [0.1, 0.15) is 0 Å². The van der Waals surface area contributed by atoms with E-state index < -0.39 is 5.91 Å². The largest absolute Gasteiger partial charge is 0.355 e. The van der Waals surface area contributed by atoms with E-state index in [0.29, 0.717) is 11.3 Å². The maximum Gasteiger partial charge on any atom is 0.255 e. The Bertz CT molecular complexity index is 846. The summed E-state index contributed by atoms with van der Waals surface area (Å²) in [6.07, 6.45) is 1.56. The first-order valence-electron chi connectivity index (χ1n) is 7.33. The van der Waals surface area contributed by atoms with Crippen LogP contribution in [0.4, 0.5) is 5.69 Å². The number of rotatable bonds is 2. The lowest BCUT2D eigenvalue weighted by molar-refractivity contribution is -0.116. The zero-order valence-electron chi connectivity index (χ0n) is 13.0. The molecule has 0 aromatic heterocycles. The summed E-state index contributed by atoms with van der Waals surface area (Å²) < 4.78 is 0. The molecule has 0 spiro atoms. The van der Waals surface area contributed by atoms with Gasteiger partial charge in [0.2, 0.25) is 0 Å². The minimum atomic E-state index is -0.402. The number of benzene rings is 2. The minimum Gasteiger partial charge on any atom is -0.355 e. The molecule has 4 heteroatoms. The monoisotopic (exact) mass is 304 g/mol. The second kappa shape index (κ2) is 6.01. The summed E-state index contributed by atoms with van der Waals surface area (Å²) in [4.78, 5) is 29.1. The molecule has 1 aliphatic carbocycles. The van der Waals surface area contributed by atoms with Gasteiger partial charge in [-0.3, -0.25) is 9.59 Å². The summed E-state index contributed by atoms with van der Waals surface area (Å²) in [6, 6.07) is 15.0. The molecule has 0 saturated heterocycles. The van der Waals surface area contributed by atoms with Gasteiger partial charge in [0.05, 0.1) is 17.0 Å². The number of carbonyl (C=O) groups is 2. The van der Waals surface area contributed by atoms with Gasteiger partial charge in [0.15, 0.2) is 5.78 Å². The number of ketones is 1. The van der Waals surface area contributed by atoms with Crippen molar-refractivity contribution in [1.82, 2.24) is 5.32 Å². The van der Waals surface area contributed by atoms with Crippen LogP contribution in [0.25, 0.3) is 0 Å². The van der Waals surface area contributed by atoms with Crippen LogP contribution in [-0.4, -0.2) is 24.4 Å². The smallest absolute Gasteiger partial charge is 0.255 e. The fraction of sp³-hybridized carbons (Fsp3) is 0.105. The number of hydrogen-bond donors (Lipinski definition) is 1. The van der Waals surface area contributed by atoms with Crippen molar-refractivity contribution < 1.29 is 9.59 Å². The molecule has 4 nitrogen and oxygen atoms in total. The molecule has 3 rings (SSSR count). The van der Waals surface area contributed by atoms with Crippen molar-refractivity contribution in [3.8, 4) is 0 Å².